The minimum atomic E-state index is -4.60. The number of carbonyl (C=O) groups excluding carboxylic acids is 2. The summed E-state index contributed by atoms with van der Waals surface area (Å²) in [6.07, 6.45) is -2.51. The Hall–Kier alpha value is -4.15. The molecule has 1 aliphatic rings. The van der Waals surface area contributed by atoms with Crippen molar-refractivity contribution in [1.29, 1.82) is 0 Å². The monoisotopic (exact) mass is 501 g/mol. The molecule has 1 aliphatic heterocycles. The maximum Gasteiger partial charge on any atom is 0.418 e. The summed E-state index contributed by atoms with van der Waals surface area (Å²) in [5, 5.41) is 4.69. The molecule has 0 bridgehead atoms. The van der Waals surface area contributed by atoms with Crippen molar-refractivity contribution in [3.05, 3.63) is 83.8 Å². The predicted octanol–water partition coefficient (Wildman–Crippen LogP) is 5.24. The highest BCUT2D eigenvalue weighted by Crippen LogP contribution is 2.34. The van der Waals surface area contributed by atoms with Crippen molar-refractivity contribution in [1.82, 2.24) is 9.88 Å². The molecule has 36 heavy (non-hydrogen) atoms. The number of anilines is 3. The fourth-order valence-electron chi connectivity index (χ4n) is 3.92. The van der Waals surface area contributed by atoms with E-state index in [0.717, 1.165) is 6.07 Å². The number of aromatic nitrogens is 1. The Balaban J connectivity index is 1.35. The summed E-state index contributed by atoms with van der Waals surface area (Å²) < 4.78 is 52.9. The molecule has 3 aromatic rings. The molecule has 2 N–H and O–H groups in total. The van der Waals surface area contributed by atoms with E-state index in [0.29, 0.717) is 49.7 Å². The van der Waals surface area contributed by atoms with E-state index in [1.807, 2.05) is 4.90 Å². The van der Waals surface area contributed by atoms with Gasteiger partial charge in [-0.15, -0.1) is 0 Å². The molecule has 0 spiro atoms. The molecule has 3 amide bonds. The number of hydrogen-bond acceptors (Lipinski definition) is 4. The molecule has 0 saturated carbocycles. The molecule has 1 saturated heterocycles. The van der Waals surface area contributed by atoms with Crippen molar-refractivity contribution in [3.63, 3.8) is 0 Å². The number of nitrogens with one attached hydrogen (secondary N) is 2. The zero-order valence-corrected chi connectivity index (χ0v) is 19.1. The lowest BCUT2D eigenvalue weighted by Gasteiger charge is -2.23. The van der Waals surface area contributed by atoms with Gasteiger partial charge in [0.2, 0.25) is 0 Å². The molecule has 11 heteroatoms. The van der Waals surface area contributed by atoms with Crippen molar-refractivity contribution in [2.45, 2.75) is 12.6 Å². The number of nitrogens with zero attached hydrogens (tertiary/aromatic N) is 3. The van der Waals surface area contributed by atoms with Gasteiger partial charge in [-0.1, -0.05) is 18.2 Å². The number of halogens is 4. The van der Waals surface area contributed by atoms with Crippen LogP contribution in [0.4, 0.5) is 39.5 Å². The van der Waals surface area contributed by atoms with Gasteiger partial charge in [0.25, 0.3) is 5.91 Å². The minimum Gasteiger partial charge on any atom is -0.355 e. The number of para-hydroxylation sites is 1. The molecule has 0 aliphatic carbocycles. The zero-order valence-electron chi connectivity index (χ0n) is 19.1. The van der Waals surface area contributed by atoms with Crippen LogP contribution in [-0.2, 0) is 6.18 Å². The first kappa shape index (κ1) is 25.0. The highest BCUT2D eigenvalue weighted by molar-refractivity contribution is 6.00. The number of hydrogen-bond donors (Lipinski definition) is 2. The Labute approximate surface area is 204 Å². The van der Waals surface area contributed by atoms with Crippen LogP contribution in [0.1, 0.15) is 22.3 Å². The van der Waals surface area contributed by atoms with Gasteiger partial charge < -0.3 is 20.4 Å². The standard InChI is InChI=1S/C25H23F4N5O2/c26-18-6-3-5-17(15-18)23(35)34-12-4-11-33(13-14-34)22-10-9-19(16-30-22)31-24(36)32-21-8-2-1-7-20(21)25(27,28)29/h1-3,5-10,15-16H,4,11-14H2,(H2,31,32,36). The number of amides is 3. The lowest BCUT2D eigenvalue weighted by atomic mass is 10.1. The molecule has 0 unspecified atom stereocenters. The third kappa shape index (κ3) is 6.09. The Bertz CT molecular complexity index is 1230. The number of carbonyl (C=O) groups is 2. The lowest BCUT2D eigenvalue weighted by Crippen LogP contribution is -2.35. The molecule has 1 fully saturated rings. The first-order chi connectivity index (χ1) is 17.2. The summed E-state index contributed by atoms with van der Waals surface area (Å²) in [6.45, 7) is 2.10. The van der Waals surface area contributed by atoms with Crippen LogP contribution in [0.25, 0.3) is 0 Å². The van der Waals surface area contributed by atoms with Crippen molar-refractivity contribution < 1.29 is 27.2 Å². The number of rotatable bonds is 4. The van der Waals surface area contributed by atoms with Gasteiger partial charge in [-0.25, -0.2) is 14.2 Å². The summed E-state index contributed by atoms with van der Waals surface area (Å²) >= 11 is 0. The molecule has 1 aromatic heterocycles. The van der Waals surface area contributed by atoms with Gasteiger partial charge in [0.15, 0.2) is 0 Å². The van der Waals surface area contributed by atoms with Gasteiger partial charge in [0, 0.05) is 31.7 Å². The number of alkyl halides is 3. The van der Waals surface area contributed by atoms with E-state index in [1.54, 1.807) is 23.1 Å². The lowest BCUT2D eigenvalue weighted by molar-refractivity contribution is -0.136. The summed E-state index contributed by atoms with van der Waals surface area (Å²) in [6, 6.07) is 12.7. The minimum absolute atomic E-state index is 0.234. The van der Waals surface area contributed by atoms with E-state index in [9.17, 15) is 27.2 Å². The van der Waals surface area contributed by atoms with Crippen LogP contribution in [0.15, 0.2) is 66.9 Å². The third-order valence-corrected chi connectivity index (χ3v) is 5.67. The van der Waals surface area contributed by atoms with E-state index in [-0.39, 0.29) is 11.6 Å². The van der Waals surface area contributed by atoms with Gasteiger partial charge in [0.1, 0.15) is 11.6 Å². The summed E-state index contributed by atoms with van der Waals surface area (Å²) in [5.74, 6) is -0.0705. The van der Waals surface area contributed by atoms with Crippen LogP contribution >= 0.6 is 0 Å². The maximum absolute atomic E-state index is 13.5. The molecular weight excluding hydrogens is 478 g/mol. The largest absolute Gasteiger partial charge is 0.418 e. The van der Waals surface area contributed by atoms with E-state index >= 15 is 0 Å². The fourth-order valence-corrected chi connectivity index (χ4v) is 3.92. The summed E-state index contributed by atoms with van der Waals surface area (Å²) in [7, 11) is 0. The molecule has 2 aromatic carbocycles. The SMILES string of the molecule is O=C(Nc1ccc(N2CCCN(C(=O)c3cccc(F)c3)CC2)nc1)Nc1ccccc1C(F)(F)F. The Kier molecular flexibility index (Phi) is 7.37. The quantitative estimate of drug-likeness (QED) is 0.480. The Morgan fingerprint density at radius 1 is 0.889 bits per heavy atom. The predicted molar refractivity (Wildman–Crippen MR) is 127 cm³/mol. The first-order valence-electron chi connectivity index (χ1n) is 11.2. The van der Waals surface area contributed by atoms with Crippen LogP contribution in [0.5, 0.6) is 0 Å². The van der Waals surface area contributed by atoms with Crippen molar-refractivity contribution in [2.24, 2.45) is 0 Å². The van der Waals surface area contributed by atoms with E-state index in [1.165, 1.54) is 42.6 Å². The Morgan fingerprint density at radius 3 is 2.42 bits per heavy atom. The van der Waals surface area contributed by atoms with Crippen LogP contribution in [0, 0.1) is 5.82 Å². The van der Waals surface area contributed by atoms with Crippen LogP contribution in [0.2, 0.25) is 0 Å². The van der Waals surface area contributed by atoms with Crippen LogP contribution in [0.3, 0.4) is 0 Å². The molecule has 7 nitrogen and oxygen atoms in total. The summed E-state index contributed by atoms with van der Waals surface area (Å²) in [4.78, 5) is 33.0. The molecule has 2 heterocycles. The molecular formula is C25H23F4N5O2. The van der Waals surface area contributed by atoms with Gasteiger partial charge >= 0.3 is 12.2 Å². The van der Waals surface area contributed by atoms with Gasteiger partial charge in [-0.3, -0.25) is 4.79 Å². The van der Waals surface area contributed by atoms with E-state index < -0.39 is 23.6 Å². The average molecular weight is 501 g/mol. The van der Waals surface area contributed by atoms with Gasteiger partial charge in [0.05, 0.1) is 23.1 Å². The Morgan fingerprint density at radius 2 is 1.69 bits per heavy atom. The van der Waals surface area contributed by atoms with Crippen LogP contribution < -0.4 is 15.5 Å². The second kappa shape index (κ2) is 10.6. The third-order valence-electron chi connectivity index (χ3n) is 5.67. The second-order valence-electron chi connectivity index (χ2n) is 8.17. The molecule has 0 radical (unpaired) electrons. The maximum atomic E-state index is 13.5. The number of pyridine rings is 1. The number of urea groups is 1. The second-order valence-corrected chi connectivity index (χ2v) is 8.17. The number of benzene rings is 2. The fraction of sp³-hybridized carbons (Fsp3) is 0.240. The molecule has 188 valence electrons. The van der Waals surface area contributed by atoms with Crippen molar-refractivity contribution >= 4 is 29.1 Å². The normalized spacial score (nSPS) is 14.2. The highest BCUT2D eigenvalue weighted by atomic mass is 19.4. The van der Waals surface area contributed by atoms with Gasteiger partial charge in [-0.2, -0.15) is 13.2 Å². The highest BCUT2D eigenvalue weighted by Gasteiger charge is 2.33. The zero-order chi connectivity index (χ0) is 25.7. The van der Waals surface area contributed by atoms with Gasteiger partial charge in [-0.05, 0) is 48.9 Å². The smallest absolute Gasteiger partial charge is 0.355 e. The van der Waals surface area contributed by atoms with Crippen molar-refractivity contribution in [3.8, 4) is 0 Å². The topological polar surface area (TPSA) is 77.6 Å². The molecule has 0 atom stereocenters. The summed E-state index contributed by atoms with van der Waals surface area (Å²) in [5.41, 5.74) is -0.694. The first-order valence-corrected chi connectivity index (χ1v) is 11.2. The van der Waals surface area contributed by atoms with E-state index in [4.69, 9.17) is 0 Å². The van der Waals surface area contributed by atoms with Crippen LogP contribution in [-0.4, -0.2) is 48.0 Å². The molecule has 4 rings (SSSR count). The van der Waals surface area contributed by atoms with E-state index in [2.05, 4.69) is 15.6 Å². The van der Waals surface area contributed by atoms with Crippen molar-refractivity contribution in [2.75, 3.05) is 41.7 Å². The average Bonchev–Trinajstić information content (AvgIpc) is 3.10.